The lowest BCUT2D eigenvalue weighted by molar-refractivity contribution is 0.0748. The zero-order valence-corrected chi connectivity index (χ0v) is 23.2. The molecule has 0 radical (unpaired) electrons. The number of hydrogen-bond donors (Lipinski definition) is 0. The zero-order valence-electron chi connectivity index (χ0n) is 23.2. The summed E-state index contributed by atoms with van der Waals surface area (Å²) in [5.41, 5.74) is 4.85. The molecule has 6 rings (SSSR count). The van der Waals surface area contributed by atoms with Gasteiger partial charge in [-0.1, -0.05) is 18.2 Å². The Kier molecular flexibility index (Phi) is 6.93. The number of aryl methyl sites for hydroxylation is 1. The first-order valence-corrected chi connectivity index (χ1v) is 13.6. The number of methoxy groups -OCH3 is 2. The second-order valence-electron chi connectivity index (χ2n) is 10.4. The summed E-state index contributed by atoms with van der Waals surface area (Å²) < 4.78 is 14.0. The Hall–Kier alpha value is -4.31. The molecule has 2 aliphatic heterocycles. The molecule has 2 aromatic carbocycles. The van der Waals surface area contributed by atoms with Crippen molar-refractivity contribution in [1.82, 2.24) is 24.0 Å². The molecular weight excluding hydrogens is 508 g/mol. The minimum atomic E-state index is -0.149. The van der Waals surface area contributed by atoms with E-state index in [0.717, 1.165) is 61.0 Å². The molecular formula is C30H34N6O4. The van der Waals surface area contributed by atoms with E-state index in [0.29, 0.717) is 30.8 Å². The average Bonchev–Trinajstić information content (AvgIpc) is 3.46. The van der Waals surface area contributed by atoms with Gasteiger partial charge in [-0.25, -0.2) is 0 Å². The number of piperazine rings is 1. The van der Waals surface area contributed by atoms with Gasteiger partial charge in [-0.05, 0) is 29.8 Å². The second kappa shape index (κ2) is 10.7. The van der Waals surface area contributed by atoms with Crippen LogP contribution in [0.3, 0.4) is 0 Å². The van der Waals surface area contributed by atoms with Crippen LogP contribution in [0.25, 0.3) is 5.65 Å². The summed E-state index contributed by atoms with van der Waals surface area (Å²) in [5.74, 6) is 1.55. The van der Waals surface area contributed by atoms with E-state index in [1.54, 1.807) is 20.4 Å². The van der Waals surface area contributed by atoms with E-state index in [2.05, 4.69) is 33.1 Å². The van der Waals surface area contributed by atoms with E-state index in [1.165, 1.54) is 10.1 Å². The van der Waals surface area contributed by atoms with E-state index in [9.17, 15) is 9.59 Å². The molecule has 1 saturated heterocycles. The highest BCUT2D eigenvalue weighted by molar-refractivity contribution is 6.00. The summed E-state index contributed by atoms with van der Waals surface area (Å²) in [5, 5.41) is 4.39. The number of amides is 1. The standard InChI is InChI=1S/C30H34N6O4/c1-32-27-11-12-33(19-21-7-9-23(39-2)10-8-21)20-26(27)30(38)36-28(32)25(18-31-36)29(37)35-15-13-34(14-16-35)22-5-4-6-24(17-22)40-3/h4-10,17-18H,11-16,19-20H2,1-3H3. The smallest absolute Gasteiger partial charge is 0.279 e. The third kappa shape index (κ3) is 4.68. The summed E-state index contributed by atoms with van der Waals surface area (Å²) >= 11 is 0. The molecule has 0 atom stereocenters. The second-order valence-corrected chi connectivity index (χ2v) is 10.4. The van der Waals surface area contributed by atoms with E-state index in [-0.39, 0.29) is 11.5 Å². The highest BCUT2D eigenvalue weighted by Gasteiger charge is 2.29. The third-order valence-corrected chi connectivity index (χ3v) is 8.09. The summed E-state index contributed by atoms with van der Waals surface area (Å²) in [6, 6.07) is 16.0. The molecule has 0 saturated carbocycles. The Labute approximate surface area is 232 Å². The van der Waals surface area contributed by atoms with Crippen LogP contribution in [0.5, 0.6) is 11.5 Å². The van der Waals surface area contributed by atoms with Gasteiger partial charge in [-0.2, -0.15) is 9.61 Å². The largest absolute Gasteiger partial charge is 0.497 e. The number of hydrogen-bond acceptors (Lipinski definition) is 7. The molecule has 0 bridgehead atoms. The molecule has 2 aromatic heterocycles. The fourth-order valence-electron chi connectivity index (χ4n) is 5.86. The van der Waals surface area contributed by atoms with Gasteiger partial charge in [-0.3, -0.25) is 14.5 Å². The number of ether oxygens (including phenoxy) is 2. The van der Waals surface area contributed by atoms with Gasteiger partial charge in [0.2, 0.25) is 0 Å². The maximum Gasteiger partial charge on any atom is 0.279 e. The maximum absolute atomic E-state index is 13.7. The number of benzene rings is 2. The molecule has 208 valence electrons. The molecule has 1 amide bonds. The Morgan fingerprint density at radius 3 is 2.42 bits per heavy atom. The van der Waals surface area contributed by atoms with Crippen LogP contribution in [0.2, 0.25) is 0 Å². The first kappa shape index (κ1) is 25.9. The van der Waals surface area contributed by atoms with Gasteiger partial charge >= 0.3 is 0 Å². The van der Waals surface area contributed by atoms with Gasteiger partial charge in [0.25, 0.3) is 11.5 Å². The SMILES string of the molecule is COc1ccc(CN2CCc3c(c(=O)n4ncc(C(=O)N5CCN(c6cccc(OC)c6)CC5)c4n3C)C2)cc1. The van der Waals surface area contributed by atoms with Crippen LogP contribution in [0.4, 0.5) is 5.69 Å². The van der Waals surface area contributed by atoms with E-state index in [4.69, 9.17) is 9.47 Å². The summed E-state index contributed by atoms with van der Waals surface area (Å²) in [6.45, 7) is 4.73. The Balaban J connectivity index is 1.20. The minimum Gasteiger partial charge on any atom is -0.497 e. The quantitative estimate of drug-likeness (QED) is 0.370. The highest BCUT2D eigenvalue weighted by Crippen LogP contribution is 2.25. The summed E-state index contributed by atoms with van der Waals surface area (Å²) in [7, 11) is 5.26. The minimum absolute atomic E-state index is 0.0906. The molecule has 1 fully saturated rings. The predicted octanol–water partition coefficient (Wildman–Crippen LogP) is 2.57. The van der Waals surface area contributed by atoms with Crippen molar-refractivity contribution < 1.29 is 14.3 Å². The normalized spacial score (nSPS) is 15.8. The lowest BCUT2D eigenvalue weighted by Gasteiger charge is -2.36. The molecule has 0 unspecified atom stereocenters. The van der Waals surface area contributed by atoms with Crippen molar-refractivity contribution in [3.8, 4) is 11.5 Å². The van der Waals surface area contributed by atoms with Crippen LogP contribution < -0.4 is 19.9 Å². The van der Waals surface area contributed by atoms with Crippen molar-refractivity contribution in [3.05, 3.63) is 87.5 Å². The van der Waals surface area contributed by atoms with Crippen LogP contribution in [0, 0.1) is 0 Å². The molecule has 4 heterocycles. The summed E-state index contributed by atoms with van der Waals surface area (Å²) in [4.78, 5) is 33.6. The Morgan fingerprint density at radius 2 is 1.70 bits per heavy atom. The van der Waals surface area contributed by atoms with Gasteiger partial charge in [0.05, 0.1) is 26.0 Å². The number of anilines is 1. The Bertz CT molecular complexity index is 1600. The number of carbonyl (C=O) groups excluding carboxylic acids is 1. The molecule has 2 aliphatic rings. The van der Waals surface area contributed by atoms with Crippen molar-refractivity contribution in [3.63, 3.8) is 0 Å². The van der Waals surface area contributed by atoms with E-state index >= 15 is 0 Å². The molecule has 10 heteroatoms. The molecule has 10 nitrogen and oxygen atoms in total. The number of fused-ring (bicyclic) bond motifs is 2. The average molecular weight is 543 g/mol. The Morgan fingerprint density at radius 1 is 0.950 bits per heavy atom. The third-order valence-electron chi connectivity index (χ3n) is 8.09. The van der Waals surface area contributed by atoms with Crippen LogP contribution in [0.15, 0.2) is 59.5 Å². The van der Waals surface area contributed by atoms with Gasteiger partial charge in [0.15, 0.2) is 5.65 Å². The first-order chi connectivity index (χ1) is 19.5. The molecule has 0 spiro atoms. The molecule has 0 N–H and O–H groups in total. The molecule has 4 aromatic rings. The highest BCUT2D eigenvalue weighted by atomic mass is 16.5. The monoisotopic (exact) mass is 542 g/mol. The van der Waals surface area contributed by atoms with Crippen LogP contribution in [0.1, 0.15) is 27.2 Å². The van der Waals surface area contributed by atoms with Gasteiger partial charge < -0.3 is 23.8 Å². The van der Waals surface area contributed by atoms with Gasteiger partial charge in [-0.15, -0.1) is 0 Å². The zero-order chi connectivity index (χ0) is 27.8. The topological polar surface area (TPSA) is 84.6 Å². The lowest BCUT2D eigenvalue weighted by atomic mass is 10.0. The fourth-order valence-corrected chi connectivity index (χ4v) is 5.86. The maximum atomic E-state index is 13.7. The first-order valence-electron chi connectivity index (χ1n) is 13.6. The van der Waals surface area contributed by atoms with Crippen molar-refractivity contribution in [2.45, 2.75) is 19.5 Å². The van der Waals surface area contributed by atoms with Crippen molar-refractivity contribution in [2.24, 2.45) is 7.05 Å². The van der Waals surface area contributed by atoms with E-state index in [1.807, 2.05) is 46.8 Å². The van der Waals surface area contributed by atoms with Gasteiger partial charge in [0, 0.05) is 76.7 Å². The lowest BCUT2D eigenvalue weighted by Crippen LogP contribution is -2.49. The molecule has 0 aliphatic carbocycles. The van der Waals surface area contributed by atoms with Crippen molar-refractivity contribution >= 4 is 17.2 Å². The molecule has 40 heavy (non-hydrogen) atoms. The number of aromatic nitrogens is 3. The number of nitrogens with zero attached hydrogens (tertiary/aromatic N) is 6. The number of carbonyl (C=O) groups is 1. The van der Waals surface area contributed by atoms with Crippen molar-refractivity contribution in [2.75, 3.05) is 51.8 Å². The van der Waals surface area contributed by atoms with Crippen molar-refractivity contribution in [1.29, 1.82) is 0 Å². The van der Waals surface area contributed by atoms with Gasteiger partial charge in [0.1, 0.15) is 17.1 Å². The number of rotatable bonds is 6. The van der Waals surface area contributed by atoms with Crippen LogP contribution >= 0.6 is 0 Å². The fraction of sp³-hybridized carbons (Fsp3) is 0.367. The predicted molar refractivity (Wildman–Crippen MR) is 152 cm³/mol. The summed E-state index contributed by atoms with van der Waals surface area (Å²) in [6.07, 6.45) is 2.28. The van der Waals surface area contributed by atoms with E-state index < -0.39 is 0 Å². The van der Waals surface area contributed by atoms with Crippen LogP contribution in [-0.2, 0) is 26.6 Å². The van der Waals surface area contributed by atoms with Crippen LogP contribution in [-0.4, -0.2) is 76.8 Å².